The summed E-state index contributed by atoms with van der Waals surface area (Å²) >= 11 is 5.67. The molecule has 1 heterocycles. The molecule has 0 atom stereocenters. The van der Waals surface area contributed by atoms with E-state index in [-0.39, 0.29) is 34.8 Å². The van der Waals surface area contributed by atoms with Crippen LogP contribution in [0.15, 0.2) is 0 Å². The lowest BCUT2D eigenvalue weighted by atomic mass is 10.3. The highest BCUT2D eigenvalue weighted by atomic mass is 35.5. The Hall–Kier alpha value is -1.48. The lowest BCUT2D eigenvalue weighted by Gasteiger charge is -2.17. The molecule has 0 N–H and O–H groups in total. The third-order valence-corrected chi connectivity index (χ3v) is 3.45. The zero-order chi connectivity index (χ0) is 14.8. The van der Waals surface area contributed by atoms with E-state index < -0.39 is 14.8 Å². The molecule has 0 aromatic carbocycles. The number of aryl methyl sites for hydroxylation is 1. The van der Waals surface area contributed by atoms with Crippen LogP contribution in [0, 0.1) is 17.0 Å². The molecular formula is C9H13ClN4O4S. The Bertz CT molecular complexity index is 604. The highest BCUT2D eigenvalue weighted by Crippen LogP contribution is 2.28. The van der Waals surface area contributed by atoms with Crippen molar-refractivity contribution < 1.29 is 13.3 Å². The van der Waals surface area contributed by atoms with Gasteiger partial charge in [0.25, 0.3) is 0 Å². The fraction of sp³-hybridized carbons (Fsp3) is 0.556. The molecule has 0 radical (unpaired) electrons. The van der Waals surface area contributed by atoms with Gasteiger partial charge in [-0.2, -0.15) is 4.98 Å². The highest BCUT2D eigenvalue weighted by molar-refractivity contribution is 7.90. The summed E-state index contributed by atoms with van der Waals surface area (Å²) < 4.78 is 22.2. The van der Waals surface area contributed by atoms with Crippen LogP contribution in [0.3, 0.4) is 0 Å². The molecule has 0 aliphatic heterocycles. The van der Waals surface area contributed by atoms with Crippen LogP contribution in [0.1, 0.15) is 5.69 Å². The number of aromatic nitrogens is 2. The first-order chi connectivity index (χ1) is 8.61. The van der Waals surface area contributed by atoms with E-state index in [1.807, 2.05) is 0 Å². The van der Waals surface area contributed by atoms with Gasteiger partial charge in [0, 0.05) is 19.8 Å². The van der Waals surface area contributed by atoms with Crippen LogP contribution in [-0.2, 0) is 9.84 Å². The Morgan fingerprint density at radius 1 is 1.42 bits per heavy atom. The smallest absolute Gasteiger partial charge is 0.332 e. The summed E-state index contributed by atoms with van der Waals surface area (Å²) in [4.78, 5) is 19.3. The number of halogens is 1. The zero-order valence-electron chi connectivity index (χ0n) is 10.6. The minimum atomic E-state index is -3.17. The monoisotopic (exact) mass is 308 g/mol. The second-order valence-corrected chi connectivity index (χ2v) is 6.66. The molecule has 0 amide bonds. The van der Waals surface area contributed by atoms with Gasteiger partial charge in [0.15, 0.2) is 0 Å². The summed E-state index contributed by atoms with van der Waals surface area (Å²) in [6.07, 6.45) is 1.09. The van der Waals surface area contributed by atoms with Crippen LogP contribution in [0.4, 0.5) is 11.5 Å². The van der Waals surface area contributed by atoms with Crippen molar-refractivity contribution in [3.05, 3.63) is 21.1 Å². The Labute approximate surface area is 115 Å². The Morgan fingerprint density at radius 2 is 2.00 bits per heavy atom. The van der Waals surface area contributed by atoms with E-state index in [0.717, 1.165) is 6.26 Å². The van der Waals surface area contributed by atoms with Gasteiger partial charge in [0.2, 0.25) is 11.1 Å². The normalized spacial score (nSPS) is 11.4. The van der Waals surface area contributed by atoms with E-state index in [2.05, 4.69) is 9.97 Å². The summed E-state index contributed by atoms with van der Waals surface area (Å²) in [5.41, 5.74) is -0.147. The van der Waals surface area contributed by atoms with Crippen molar-refractivity contribution in [1.82, 2.24) is 9.97 Å². The lowest BCUT2D eigenvalue weighted by Crippen LogP contribution is -2.26. The number of hydrogen-bond acceptors (Lipinski definition) is 7. The molecular weight excluding hydrogens is 296 g/mol. The van der Waals surface area contributed by atoms with E-state index in [4.69, 9.17) is 11.6 Å². The van der Waals surface area contributed by atoms with Crippen molar-refractivity contribution in [3.8, 4) is 0 Å². The number of rotatable bonds is 5. The topological polar surface area (TPSA) is 106 Å². The molecule has 10 heteroatoms. The van der Waals surface area contributed by atoms with Gasteiger partial charge in [-0.15, -0.1) is 0 Å². The van der Waals surface area contributed by atoms with Crippen molar-refractivity contribution in [1.29, 1.82) is 0 Å². The molecule has 0 saturated carbocycles. The van der Waals surface area contributed by atoms with Crippen LogP contribution in [0.25, 0.3) is 0 Å². The maximum absolute atomic E-state index is 11.1. The van der Waals surface area contributed by atoms with Crippen molar-refractivity contribution in [2.45, 2.75) is 6.92 Å². The van der Waals surface area contributed by atoms with Crippen LogP contribution in [0.5, 0.6) is 0 Å². The largest absolute Gasteiger partial charge is 0.353 e. The maximum atomic E-state index is 11.1. The number of nitro groups is 1. The van der Waals surface area contributed by atoms with Gasteiger partial charge < -0.3 is 4.90 Å². The highest BCUT2D eigenvalue weighted by Gasteiger charge is 2.24. The van der Waals surface area contributed by atoms with Crippen molar-refractivity contribution in [2.75, 3.05) is 30.5 Å². The average molecular weight is 309 g/mol. The molecule has 1 rings (SSSR count). The minimum absolute atomic E-state index is 0.00569. The third kappa shape index (κ3) is 4.28. The second-order valence-electron chi connectivity index (χ2n) is 4.06. The van der Waals surface area contributed by atoms with E-state index in [1.165, 1.54) is 18.9 Å². The number of hydrogen-bond donors (Lipinski definition) is 0. The van der Waals surface area contributed by atoms with E-state index in [9.17, 15) is 18.5 Å². The predicted molar refractivity (Wildman–Crippen MR) is 71.4 cm³/mol. The minimum Gasteiger partial charge on any atom is -0.353 e. The Kier molecular flexibility index (Phi) is 4.64. The second kappa shape index (κ2) is 5.66. The van der Waals surface area contributed by atoms with E-state index in [0.29, 0.717) is 0 Å². The maximum Gasteiger partial charge on any atom is 0.332 e. The fourth-order valence-corrected chi connectivity index (χ4v) is 2.22. The molecule has 0 spiro atoms. The van der Waals surface area contributed by atoms with Gasteiger partial charge in [0.1, 0.15) is 15.5 Å². The zero-order valence-corrected chi connectivity index (χ0v) is 12.2. The molecule has 0 saturated heterocycles. The molecule has 8 nitrogen and oxygen atoms in total. The number of anilines is 1. The summed E-state index contributed by atoms with van der Waals surface area (Å²) in [7, 11) is -1.66. The van der Waals surface area contributed by atoms with Gasteiger partial charge in [-0.05, 0) is 18.5 Å². The summed E-state index contributed by atoms with van der Waals surface area (Å²) in [6, 6.07) is 0. The van der Waals surface area contributed by atoms with Crippen molar-refractivity contribution in [2.24, 2.45) is 0 Å². The van der Waals surface area contributed by atoms with E-state index >= 15 is 0 Å². The standard InChI is InChI=1S/C9H13ClN4O4S/c1-6-7(14(15)16)8(12-9(10)11-6)13(2)4-5-19(3,17)18/h4-5H2,1-3H3. The molecule has 0 bridgehead atoms. The summed E-state index contributed by atoms with van der Waals surface area (Å²) in [6.45, 7) is 1.52. The first-order valence-corrected chi connectivity index (χ1v) is 7.63. The molecule has 106 valence electrons. The SMILES string of the molecule is Cc1nc(Cl)nc(N(C)CCS(C)(=O)=O)c1[N+](=O)[O-]. The molecule has 0 unspecified atom stereocenters. The molecule has 0 aliphatic rings. The predicted octanol–water partition coefficient (Wildman–Crippen LogP) is 0.827. The number of sulfone groups is 1. The molecule has 1 aromatic rings. The molecule has 1 aromatic heterocycles. The molecule has 0 fully saturated rings. The first-order valence-electron chi connectivity index (χ1n) is 5.19. The van der Waals surface area contributed by atoms with Crippen LogP contribution in [0.2, 0.25) is 5.28 Å². The van der Waals surface area contributed by atoms with Crippen LogP contribution >= 0.6 is 11.6 Å². The molecule has 19 heavy (non-hydrogen) atoms. The van der Waals surface area contributed by atoms with E-state index in [1.54, 1.807) is 0 Å². The molecule has 0 aliphatic carbocycles. The van der Waals surface area contributed by atoms with Crippen LogP contribution < -0.4 is 4.90 Å². The first kappa shape index (κ1) is 15.6. The summed E-state index contributed by atoms with van der Waals surface area (Å²) in [5, 5.41) is 10.9. The number of nitrogens with zero attached hydrogens (tertiary/aromatic N) is 4. The third-order valence-electron chi connectivity index (χ3n) is 2.35. The van der Waals surface area contributed by atoms with Gasteiger partial charge in [-0.3, -0.25) is 10.1 Å². The van der Waals surface area contributed by atoms with Crippen molar-refractivity contribution >= 4 is 32.9 Å². The summed E-state index contributed by atoms with van der Waals surface area (Å²) in [5.74, 6) is -0.132. The Morgan fingerprint density at radius 3 is 2.47 bits per heavy atom. The fourth-order valence-electron chi connectivity index (χ4n) is 1.41. The van der Waals surface area contributed by atoms with Crippen LogP contribution in [-0.4, -0.2) is 48.9 Å². The lowest BCUT2D eigenvalue weighted by molar-refractivity contribution is -0.385. The Balaban J connectivity index is 3.14. The quantitative estimate of drug-likeness (QED) is 0.450. The van der Waals surface area contributed by atoms with Gasteiger partial charge in [0.05, 0.1) is 10.7 Å². The van der Waals surface area contributed by atoms with Crippen molar-refractivity contribution in [3.63, 3.8) is 0 Å². The van der Waals surface area contributed by atoms with Gasteiger partial charge in [-0.25, -0.2) is 13.4 Å². The van der Waals surface area contributed by atoms with Gasteiger partial charge >= 0.3 is 5.69 Å². The average Bonchev–Trinajstić information content (AvgIpc) is 2.22. The van der Waals surface area contributed by atoms with Gasteiger partial charge in [-0.1, -0.05) is 0 Å².